The number of allylic oxidation sites excluding steroid dienone is 4. The summed E-state index contributed by atoms with van der Waals surface area (Å²) in [5.74, 6) is 0.560. The number of hydrogen-bond acceptors (Lipinski definition) is 0. The molecule has 0 amide bonds. The second-order valence-corrected chi connectivity index (χ2v) is 9.37. The van der Waals surface area contributed by atoms with Crippen LogP contribution in [0, 0.1) is 12.0 Å². The topological polar surface area (TPSA) is 23.8 Å². The molecule has 2 aromatic carbocycles. The van der Waals surface area contributed by atoms with Crippen LogP contribution in [0.1, 0.15) is 53.4 Å². The normalized spacial score (nSPS) is 16.9. The fraction of sp³-hybridized carbons (Fsp3) is 0.385. The van der Waals surface area contributed by atoms with Crippen molar-refractivity contribution in [3.8, 4) is 0 Å². The van der Waals surface area contributed by atoms with Crippen LogP contribution in [-0.4, -0.2) is 15.6 Å². The van der Waals surface area contributed by atoms with Gasteiger partial charge in [-0.25, -0.2) is 5.57 Å². The van der Waals surface area contributed by atoms with Crippen molar-refractivity contribution >= 4 is 19.9 Å². The second kappa shape index (κ2) is 18.0. The molecule has 5 heteroatoms. The Morgan fingerprint density at radius 2 is 1.23 bits per heavy atom. The molecule has 1 unspecified atom stereocenters. The summed E-state index contributed by atoms with van der Waals surface area (Å²) in [6, 6.07) is 21.6. The molecule has 2 aromatic rings. The summed E-state index contributed by atoms with van der Waals surface area (Å²) >= 11 is 0. The maximum absolute atomic E-state index is 7.13. The zero-order valence-corrected chi connectivity index (χ0v) is 25.3. The van der Waals surface area contributed by atoms with Crippen LogP contribution in [0.2, 0.25) is 0 Å². The molecule has 1 N–H and O–H groups in total. The Balaban J connectivity index is 0. The number of rotatable bonds is 2. The van der Waals surface area contributed by atoms with Crippen molar-refractivity contribution < 1.29 is 50.7 Å². The molecule has 2 aliphatic carbocycles. The van der Waals surface area contributed by atoms with E-state index in [-0.39, 0.29) is 60.2 Å². The Bertz CT molecular complexity index is 735. The van der Waals surface area contributed by atoms with Gasteiger partial charge in [0.15, 0.2) is 0 Å². The standard InChI is InChI=1S/C12H11Si.C9H13.C5H10N.2ClH.Hf/c1-3-7-11(8-4-1)13-12-9-5-2-6-10-12;1-6-5-7(2)9(4)8(6)3;6-5-3-1-2-4-5;;;/h1-10,13H;6H,1-4H3;5-6H,1-4H2;2*1H;/q;2*-1;;;+4/p-2. The van der Waals surface area contributed by atoms with Gasteiger partial charge in [0.2, 0.25) is 0 Å². The molecule has 0 aliphatic heterocycles. The van der Waals surface area contributed by atoms with E-state index in [2.05, 4.69) is 94.4 Å². The van der Waals surface area contributed by atoms with Crippen molar-refractivity contribution in [1.29, 1.82) is 0 Å². The Morgan fingerprint density at radius 3 is 1.45 bits per heavy atom. The monoisotopic (exact) mass is 638 g/mol. The third kappa shape index (κ3) is 12.4. The molecule has 1 saturated carbocycles. The summed E-state index contributed by atoms with van der Waals surface area (Å²) in [4.78, 5) is 0. The molecule has 0 spiro atoms. The van der Waals surface area contributed by atoms with Gasteiger partial charge in [0, 0.05) is 0 Å². The van der Waals surface area contributed by atoms with E-state index in [1.54, 1.807) is 0 Å². The number of halogens is 2. The average Bonchev–Trinajstić information content (AvgIpc) is 3.27. The number of hydrogen-bond donors (Lipinski definition) is 0. The van der Waals surface area contributed by atoms with E-state index in [0.717, 1.165) is 12.8 Å². The van der Waals surface area contributed by atoms with E-state index < -0.39 is 0 Å². The molecule has 1 atom stereocenters. The summed E-state index contributed by atoms with van der Waals surface area (Å²) < 4.78 is 0. The van der Waals surface area contributed by atoms with Crippen molar-refractivity contribution in [1.82, 2.24) is 0 Å². The molecule has 0 saturated heterocycles. The quantitative estimate of drug-likeness (QED) is 0.322. The van der Waals surface area contributed by atoms with Crippen LogP contribution in [0.3, 0.4) is 0 Å². The molecule has 4 rings (SSSR count). The molecule has 0 heterocycles. The fourth-order valence-electron chi connectivity index (χ4n) is 3.38. The Labute approximate surface area is 223 Å². The molecule has 0 bridgehead atoms. The van der Waals surface area contributed by atoms with Gasteiger partial charge in [-0.05, 0) is 0 Å². The van der Waals surface area contributed by atoms with Gasteiger partial charge in [-0.3, -0.25) is 6.08 Å². The van der Waals surface area contributed by atoms with Crippen LogP contribution in [-0.2, 0) is 25.8 Å². The van der Waals surface area contributed by atoms with Gasteiger partial charge < -0.3 is 30.5 Å². The van der Waals surface area contributed by atoms with E-state index in [1.165, 1.54) is 39.9 Å². The molecular weight excluding hydrogens is 604 g/mol. The average molecular weight is 638 g/mol. The second-order valence-electron chi connectivity index (χ2n) is 7.75. The molecule has 31 heavy (non-hydrogen) atoms. The van der Waals surface area contributed by atoms with E-state index in [4.69, 9.17) is 5.73 Å². The van der Waals surface area contributed by atoms with Crippen molar-refractivity contribution in [3.05, 3.63) is 89.2 Å². The first kappa shape index (κ1) is 32.7. The van der Waals surface area contributed by atoms with Crippen molar-refractivity contribution in [2.45, 2.75) is 59.4 Å². The summed E-state index contributed by atoms with van der Waals surface area (Å²) in [6.07, 6.45) is 8.26. The summed E-state index contributed by atoms with van der Waals surface area (Å²) in [5, 5.41) is 2.90. The maximum Gasteiger partial charge on any atom is 4.00 e. The predicted molar refractivity (Wildman–Crippen MR) is 126 cm³/mol. The molecule has 2 aliphatic rings. The molecule has 0 aromatic heterocycles. The van der Waals surface area contributed by atoms with E-state index in [0.29, 0.717) is 12.0 Å². The van der Waals surface area contributed by atoms with Gasteiger partial charge >= 0.3 is 25.8 Å². The van der Waals surface area contributed by atoms with E-state index in [9.17, 15) is 0 Å². The molecule has 1 radical (unpaired) electrons. The first-order chi connectivity index (χ1) is 13.5. The fourth-order valence-corrected chi connectivity index (χ4v) is 4.59. The van der Waals surface area contributed by atoms with Gasteiger partial charge in [0.05, 0.1) is 0 Å². The minimum absolute atomic E-state index is 0. The number of benzene rings is 2. The van der Waals surface area contributed by atoms with Gasteiger partial charge in [-0.2, -0.15) is 11.1 Å². The Hall–Kier alpha value is -0.453. The van der Waals surface area contributed by atoms with Gasteiger partial charge in [0.1, 0.15) is 9.52 Å². The van der Waals surface area contributed by atoms with Crippen molar-refractivity contribution in [2.24, 2.45) is 5.92 Å². The minimum Gasteiger partial charge on any atom is -1.00 e. The van der Waals surface area contributed by atoms with Crippen LogP contribution in [0.5, 0.6) is 0 Å². The first-order valence-electron chi connectivity index (χ1n) is 10.4. The third-order valence-corrected chi connectivity index (χ3v) is 6.96. The molecular formula is C26H34Cl2HfNSi. The predicted octanol–water partition coefficient (Wildman–Crippen LogP) is -0.217. The van der Waals surface area contributed by atoms with E-state index >= 15 is 0 Å². The van der Waals surface area contributed by atoms with Crippen molar-refractivity contribution in [2.75, 3.05) is 0 Å². The molecule has 165 valence electrons. The van der Waals surface area contributed by atoms with Crippen LogP contribution in [0.25, 0.3) is 5.73 Å². The van der Waals surface area contributed by atoms with E-state index in [1.807, 2.05) is 0 Å². The first-order valence-corrected chi connectivity index (χ1v) is 11.6. The summed E-state index contributed by atoms with van der Waals surface area (Å²) in [7, 11) is 0.271. The SMILES string of the molecule is CC1=[C-]C(C)C(C)=C1C.[Cl-].[Cl-].[Hf+4].[NH-]C1CCCC1.c1ccc([SiH]c2ccccc2)cc1. The van der Waals surface area contributed by atoms with Gasteiger partial charge in [-0.1, -0.05) is 123 Å². The maximum atomic E-state index is 7.13. The number of nitrogens with one attached hydrogen (secondary N) is 1. The van der Waals surface area contributed by atoms with Crippen LogP contribution in [0.15, 0.2) is 77.4 Å². The molecule has 1 fully saturated rings. The summed E-state index contributed by atoms with van der Waals surface area (Å²) in [5.41, 5.74) is 11.4. The zero-order chi connectivity index (χ0) is 20.4. The Kier molecular flexibility index (Phi) is 19.0. The van der Waals surface area contributed by atoms with Gasteiger partial charge in [-0.15, -0.1) is 13.0 Å². The third-order valence-electron chi connectivity index (χ3n) is 5.52. The largest absolute Gasteiger partial charge is 4.00 e. The molecule has 1 nitrogen and oxygen atoms in total. The Morgan fingerprint density at radius 1 is 0.806 bits per heavy atom. The van der Waals surface area contributed by atoms with Crippen LogP contribution in [0.4, 0.5) is 0 Å². The minimum atomic E-state index is 0. The van der Waals surface area contributed by atoms with Gasteiger partial charge in [0.25, 0.3) is 0 Å². The van der Waals surface area contributed by atoms with Crippen LogP contribution < -0.4 is 35.2 Å². The zero-order valence-electron chi connectivity index (χ0n) is 19.1. The van der Waals surface area contributed by atoms with Crippen LogP contribution >= 0.6 is 0 Å². The smallest absolute Gasteiger partial charge is 1.00 e. The summed E-state index contributed by atoms with van der Waals surface area (Å²) in [6.45, 7) is 8.67. The van der Waals surface area contributed by atoms with Crippen molar-refractivity contribution in [3.63, 3.8) is 0 Å².